The molecule has 8 nitrogen and oxygen atoms in total. The molecule has 4 rings (SSSR count). The van der Waals surface area contributed by atoms with Gasteiger partial charge in [-0.2, -0.15) is 9.30 Å². The topological polar surface area (TPSA) is 98.0 Å². The Kier molecular flexibility index (Phi) is 7.42. The molecule has 0 aliphatic carbocycles. The molecule has 1 saturated heterocycles. The molecule has 1 aliphatic heterocycles. The maximum absolute atomic E-state index is 13.1. The number of piperidine rings is 1. The molecule has 0 saturated carbocycles. The van der Waals surface area contributed by atoms with Crippen molar-refractivity contribution in [2.24, 2.45) is 10.9 Å². The number of hydrogen-bond donors (Lipinski definition) is 0. The Morgan fingerprint density at radius 3 is 2.69 bits per heavy atom. The quantitative estimate of drug-likeness (QED) is 0.371. The van der Waals surface area contributed by atoms with Gasteiger partial charge < -0.3 is 9.30 Å². The molecule has 182 valence electrons. The number of terminal acetylenes is 1. The number of rotatable bonds is 5. The zero-order valence-electron chi connectivity index (χ0n) is 18.8. The van der Waals surface area contributed by atoms with Gasteiger partial charge in [-0.25, -0.2) is 13.2 Å². The molecule has 1 amide bonds. The van der Waals surface area contributed by atoms with Crippen LogP contribution in [0.1, 0.15) is 23.2 Å². The summed E-state index contributed by atoms with van der Waals surface area (Å²) in [7, 11) is -2.46. The van der Waals surface area contributed by atoms with Gasteiger partial charge >= 0.3 is 5.97 Å². The number of thiazole rings is 1. The minimum atomic E-state index is -3.76. The second kappa shape index (κ2) is 10.3. The molecule has 1 atom stereocenters. The predicted molar refractivity (Wildman–Crippen MR) is 133 cm³/mol. The van der Waals surface area contributed by atoms with E-state index in [1.807, 2.05) is 0 Å². The third-order valence-electron chi connectivity index (χ3n) is 5.74. The standard InChI is InChI=1S/C24H22ClN3O5S2/c1-3-12-28-20-11-6-16(23(30)33-2)14-21(20)34-24(28)26-22(29)17-5-4-13-27(15-17)35(31,32)19-9-7-18(25)8-10-19/h1,6-11,14,17H,4-5,12-13,15H2,2H3. The van der Waals surface area contributed by atoms with Crippen LogP contribution in [-0.2, 0) is 26.1 Å². The number of fused-ring (bicyclic) bond motifs is 1. The monoisotopic (exact) mass is 531 g/mol. The number of ether oxygens (including phenoxy) is 1. The summed E-state index contributed by atoms with van der Waals surface area (Å²) in [5, 5.41) is 0.441. The van der Waals surface area contributed by atoms with Crippen molar-refractivity contribution in [3.8, 4) is 12.3 Å². The third-order valence-corrected chi connectivity index (χ3v) is 8.92. The third kappa shape index (κ3) is 5.18. The van der Waals surface area contributed by atoms with Crippen molar-refractivity contribution in [2.45, 2.75) is 24.3 Å². The summed E-state index contributed by atoms with van der Waals surface area (Å²) in [5.41, 5.74) is 1.12. The molecular formula is C24H22ClN3O5S2. The molecule has 2 aromatic carbocycles. The second-order valence-electron chi connectivity index (χ2n) is 7.96. The molecule has 0 radical (unpaired) electrons. The highest BCUT2D eigenvalue weighted by molar-refractivity contribution is 7.89. The average molecular weight is 532 g/mol. The number of amides is 1. The van der Waals surface area contributed by atoms with Gasteiger partial charge in [0.15, 0.2) is 4.80 Å². The van der Waals surface area contributed by atoms with Crippen molar-refractivity contribution in [2.75, 3.05) is 20.2 Å². The minimum absolute atomic E-state index is 0.0415. The van der Waals surface area contributed by atoms with Crippen molar-refractivity contribution < 1.29 is 22.7 Å². The van der Waals surface area contributed by atoms with Crippen LogP contribution in [0.2, 0.25) is 5.02 Å². The highest BCUT2D eigenvalue weighted by atomic mass is 35.5. The summed E-state index contributed by atoms with van der Waals surface area (Å²) >= 11 is 7.11. The van der Waals surface area contributed by atoms with Gasteiger partial charge in [0.25, 0.3) is 5.91 Å². The van der Waals surface area contributed by atoms with E-state index >= 15 is 0 Å². The van der Waals surface area contributed by atoms with E-state index in [0.717, 1.165) is 10.2 Å². The second-order valence-corrected chi connectivity index (χ2v) is 11.3. The van der Waals surface area contributed by atoms with E-state index in [-0.39, 0.29) is 18.0 Å². The van der Waals surface area contributed by atoms with Gasteiger partial charge in [0.05, 0.1) is 40.2 Å². The first-order valence-corrected chi connectivity index (χ1v) is 13.4. The highest BCUT2D eigenvalue weighted by Crippen LogP contribution is 2.26. The molecule has 0 spiro atoms. The van der Waals surface area contributed by atoms with Gasteiger partial charge in [-0.15, -0.1) is 6.42 Å². The molecule has 35 heavy (non-hydrogen) atoms. The Labute approximate surface area is 211 Å². The number of nitrogens with zero attached hydrogens (tertiary/aromatic N) is 3. The van der Waals surface area contributed by atoms with Gasteiger partial charge in [0.1, 0.15) is 0 Å². The van der Waals surface area contributed by atoms with E-state index < -0.39 is 27.8 Å². The van der Waals surface area contributed by atoms with E-state index in [1.165, 1.54) is 47.0 Å². The van der Waals surface area contributed by atoms with Crippen molar-refractivity contribution in [3.63, 3.8) is 0 Å². The van der Waals surface area contributed by atoms with E-state index in [1.54, 1.807) is 22.8 Å². The molecule has 0 N–H and O–H groups in total. The minimum Gasteiger partial charge on any atom is -0.465 e. The van der Waals surface area contributed by atoms with Gasteiger partial charge in [-0.3, -0.25) is 4.79 Å². The molecule has 1 fully saturated rings. The highest BCUT2D eigenvalue weighted by Gasteiger charge is 2.33. The maximum atomic E-state index is 13.1. The van der Waals surface area contributed by atoms with Crippen molar-refractivity contribution >= 4 is 55.1 Å². The molecule has 1 aromatic heterocycles. The lowest BCUT2D eigenvalue weighted by molar-refractivity contribution is -0.122. The fourth-order valence-electron chi connectivity index (χ4n) is 3.95. The number of methoxy groups -OCH3 is 1. The lowest BCUT2D eigenvalue weighted by atomic mass is 9.99. The smallest absolute Gasteiger partial charge is 0.337 e. The number of halogens is 1. The van der Waals surface area contributed by atoms with Gasteiger partial charge in [0, 0.05) is 18.1 Å². The predicted octanol–water partition coefficient (Wildman–Crippen LogP) is 3.30. The van der Waals surface area contributed by atoms with Crippen LogP contribution in [0.25, 0.3) is 10.2 Å². The number of sulfonamides is 1. The summed E-state index contributed by atoms with van der Waals surface area (Å²) < 4.78 is 34.7. The van der Waals surface area contributed by atoms with Crippen molar-refractivity contribution in [1.29, 1.82) is 0 Å². The molecular weight excluding hydrogens is 510 g/mol. The number of carbonyl (C=O) groups is 2. The van der Waals surface area contributed by atoms with Crippen LogP contribution in [0.15, 0.2) is 52.4 Å². The number of aromatic nitrogens is 1. The Bertz CT molecular complexity index is 1500. The Morgan fingerprint density at radius 1 is 1.26 bits per heavy atom. The summed E-state index contributed by atoms with van der Waals surface area (Å²) in [6.07, 6.45) is 6.60. The fourth-order valence-corrected chi connectivity index (χ4v) is 6.67. The van der Waals surface area contributed by atoms with E-state index in [0.29, 0.717) is 34.8 Å². The lowest BCUT2D eigenvalue weighted by Crippen LogP contribution is -2.42. The largest absolute Gasteiger partial charge is 0.465 e. The lowest BCUT2D eigenvalue weighted by Gasteiger charge is -2.30. The van der Waals surface area contributed by atoms with E-state index in [2.05, 4.69) is 10.9 Å². The molecule has 1 aliphatic rings. The normalized spacial score (nSPS) is 17.3. The number of carbonyl (C=O) groups excluding carboxylic acids is 2. The molecule has 11 heteroatoms. The Hall–Kier alpha value is -2.97. The Balaban J connectivity index is 1.64. The fraction of sp³-hybridized carbons (Fsp3) is 0.292. The van der Waals surface area contributed by atoms with Gasteiger partial charge in [-0.1, -0.05) is 28.9 Å². The van der Waals surface area contributed by atoms with Crippen molar-refractivity contribution in [3.05, 3.63) is 57.9 Å². The summed E-state index contributed by atoms with van der Waals surface area (Å²) in [5.74, 6) is 1.10. The van der Waals surface area contributed by atoms with Crippen LogP contribution in [0.3, 0.4) is 0 Å². The van der Waals surface area contributed by atoms with Crippen LogP contribution < -0.4 is 4.80 Å². The molecule has 1 unspecified atom stereocenters. The van der Waals surface area contributed by atoms with Gasteiger partial charge in [0.2, 0.25) is 10.0 Å². The first-order chi connectivity index (χ1) is 16.7. The maximum Gasteiger partial charge on any atom is 0.337 e. The van der Waals surface area contributed by atoms with Crippen LogP contribution in [0, 0.1) is 18.3 Å². The summed E-state index contributed by atoms with van der Waals surface area (Å²) in [6.45, 7) is 0.552. The number of esters is 1. The van der Waals surface area contributed by atoms with Crippen LogP contribution in [-0.4, -0.2) is 49.4 Å². The zero-order valence-corrected chi connectivity index (χ0v) is 21.2. The van der Waals surface area contributed by atoms with Crippen molar-refractivity contribution in [1.82, 2.24) is 8.87 Å². The first kappa shape index (κ1) is 25.1. The molecule has 2 heterocycles. The summed E-state index contributed by atoms with van der Waals surface area (Å²) in [6, 6.07) is 11.0. The number of hydrogen-bond acceptors (Lipinski definition) is 6. The van der Waals surface area contributed by atoms with Crippen LogP contribution >= 0.6 is 22.9 Å². The first-order valence-electron chi connectivity index (χ1n) is 10.7. The van der Waals surface area contributed by atoms with E-state index in [4.69, 9.17) is 22.8 Å². The van der Waals surface area contributed by atoms with Crippen LogP contribution in [0.4, 0.5) is 0 Å². The summed E-state index contributed by atoms with van der Waals surface area (Å²) in [4.78, 5) is 29.9. The molecule has 3 aromatic rings. The zero-order chi connectivity index (χ0) is 25.2. The Morgan fingerprint density at radius 2 is 2.00 bits per heavy atom. The van der Waals surface area contributed by atoms with E-state index in [9.17, 15) is 18.0 Å². The average Bonchev–Trinajstić information content (AvgIpc) is 3.20. The van der Waals surface area contributed by atoms with Gasteiger partial charge in [-0.05, 0) is 55.3 Å². The molecule has 0 bridgehead atoms. The van der Waals surface area contributed by atoms with Crippen LogP contribution in [0.5, 0.6) is 0 Å². The SMILES string of the molecule is C#CCn1c(=NC(=O)C2CCCN(S(=O)(=O)c3ccc(Cl)cc3)C2)sc2cc(C(=O)OC)ccc21. The number of benzene rings is 2.